The predicted molar refractivity (Wildman–Crippen MR) is 69.8 cm³/mol. The summed E-state index contributed by atoms with van der Waals surface area (Å²) in [6.07, 6.45) is 4.65. The molecule has 1 aromatic heterocycles. The topological polar surface area (TPSA) is 53.4 Å². The molecule has 1 heterocycles. The summed E-state index contributed by atoms with van der Waals surface area (Å²) in [7, 11) is 1.80. The highest BCUT2D eigenvalue weighted by atomic mass is 32.1. The van der Waals surface area contributed by atoms with Gasteiger partial charge in [-0.1, -0.05) is 0 Å². The van der Waals surface area contributed by atoms with Crippen molar-refractivity contribution >= 4 is 17.2 Å². The summed E-state index contributed by atoms with van der Waals surface area (Å²) >= 11 is 1.43. The number of carbonyl (C=O) groups excluding carboxylic acids is 1. The van der Waals surface area contributed by atoms with Crippen LogP contribution in [0.4, 0.5) is 0 Å². The largest absolute Gasteiger partial charge is 0.391 e. The van der Waals surface area contributed by atoms with Crippen LogP contribution in [0.3, 0.4) is 0 Å². The molecule has 2 saturated carbocycles. The van der Waals surface area contributed by atoms with Crippen LogP contribution < -0.4 is 0 Å². The van der Waals surface area contributed by atoms with Crippen LogP contribution in [0, 0.1) is 0 Å². The van der Waals surface area contributed by atoms with E-state index >= 15 is 0 Å². The van der Waals surface area contributed by atoms with Crippen LogP contribution in [-0.4, -0.2) is 40.1 Å². The molecule has 0 saturated heterocycles. The van der Waals surface area contributed by atoms with Gasteiger partial charge in [-0.3, -0.25) is 4.79 Å². The highest BCUT2D eigenvalue weighted by Gasteiger charge is 2.35. The first-order chi connectivity index (χ1) is 8.68. The van der Waals surface area contributed by atoms with E-state index in [4.69, 9.17) is 0 Å². The number of amides is 1. The lowest BCUT2D eigenvalue weighted by atomic mass is 10.1. The van der Waals surface area contributed by atoms with Crippen molar-refractivity contribution in [1.82, 2.24) is 9.88 Å². The fourth-order valence-electron chi connectivity index (χ4n) is 2.75. The number of aromatic nitrogens is 1. The molecular weight excluding hydrogens is 248 g/mol. The zero-order valence-corrected chi connectivity index (χ0v) is 11.3. The Labute approximate surface area is 111 Å². The van der Waals surface area contributed by atoms with Gasteiger partial charge in [-0.05, 0) is 32.1 Å². The van der Waals surface area contributed by atoms with E-state index < -0.39 is 0 Å². The van der Waals surface area contributed by atoms with E-state index in [0.717, 1.165) is 42.7 Å². The van der Waals surface area contributed by atoms with Gasteiger partial charge in [0.2, 0.25) is 0 Å². The maximum Gasteiger partial charge on any atom is 0.265 e. The Kier molecular flexibility index (Phi) is 3.11. The van der Waals surface area contributed by atoms with Crippen molar-refractivity contribution in [3.63, 3.8) is 0 Å². The van der Waals surface area contributed by atoms with E-state index in [-0.39, 0.29) is 18.1 Å². The molecule has 0 bridgehead atoms. The Balaban J connectivity index is 1.78. The fraction of sp³-hybridized carbons (Fsp3) is 0.692. The minimum Gasteiger partial charge on any atom is -0.391 e. The summed E-state index contributed by atoms with van der Waals surface area (Å²) < 4.78 is 0. The molecule has 1 N–H and O–H groups in total. The molecule has 2 aliphatic rings. The van der Waals surface area contributed by atoms with Gasteiger partial charge in [0, 0.05) is 13.0 Å². The third-order valence-corrected chi connectivity index (χ3v) is 4.85. The van der Waals surface area contributed by atoms with Crippen molar-refractivity contribution < 1.29 is 9.90 Å². The van der Waals surface area contributed by atoms with E-state index in [1.807, 2.05) is 0 Å². The minimum absolute atomic E-state index is 0.0216. The number of nitrogens with zero attached hydrogens (tertiary/aromatic N) is 2. The molecule has 0 unspecified atom stereocenters. The summed E-state index contributed by atoms with van der Waals surface area (Å²) in [5.41, 5.74) is 2.74. The van der Waals surface area contributed by atoms with Crippen molar-refractivity contribution in [1.29, 1.82) is 0 Å². The third-order valence-electron chi connectivity index (χ3n) is 4.02. The second-order valence-corrected chi connectivity index (χ2v) is 6.18. The van der Waals surface area contributed by atoms with Crippen LogP contribution in [0.1, 0.15) is 53.4 Å². The first kappa shape index (κ1) is 12.1. The minimum atomic E-state index is -0.365. The number of rotatable bonds is 3. The summed E-state index contributed by atoms with van der Waals surface area (Å²) in [5, 5.41) is 9.89. The zero-order valence-electron chi connectivity index (χ0n) is 10.5. The predicted octanol–water partition coefficient (Wildman–Crippen LogP) is 2.01. The summed E-state index contributed by atoms with van der Waals surface area (Å²) in [5.74, 6) is 0.530. The second-order valence-electron chi connectivity index (χ2n) is 5.32. The smallest absolute Gasteiger partial charge is 0.265 e. The quantitative estimate of drug-likeness (QED) is 0.910. The van der Waals surface area contributed by atoms with E-state index in [0.29, 0.717) is 5.92 Å². The van der Waals surface area contributed by atoms with Crippen molar-refractivity contribution in [3.8, 4) is 0 Å². The summed E-state index contributed by atoms with van der Waals surface area (Å²) in [4.78, 5) is 19.3. The molecule has 0 spiro atoms. The molecule has 2 aliphatic carbocycles. The summed E-state index contributed by atoms with van der Waals surface area (Å²) in [6.45, 7) is 0. The van der Waals surface area contributed by atoms with Crippen LogP contribution in [0.15, 0.2) is 5.51 Å². The Morgan fingerprint density at radius 3 is 2.83 bits per heavy atom. The molecule has 2 fully saturated rings. The van der Waals surface area contributed by atoms with Crippen molar-refractivity contribution in [2.75, 3.05) is 7.05 Å². The molecule has 5 heteroatoms. The van der Waals surface area contributed by atoms with Gasteiger partial charge in [-0.2, -0.15) is 0 Å². The number of likely N-dealkylation sites (N-methyl/N-ethyl adjacent to an activating group) is 1. The van der Waals surface area contributed by atoms with E-state index in [9.17, 15) is 9.90 Å². The second kappa shape index (κ2) is 4.63. The van der Waals surface area contributed by atoms with Gasteiger partial charge < -0.3 is 10.0 Å². The van der Waals surface area contributed by atoms with Crippen LogP contribution in [0.5, 0.6) is 0 Å². The van der Waals surface area contributed by atoms with Crippen LogP contribution in [0.25, 0.3) is 0 Å². The van der Waals surface area contributed by atoms with Gasteiger partial charge in [0.25, 0.3) is 5.91 Å². The lowest BCUT2D eigenvalue weighted by Gasteiger charge is -2.26. The van der Waals surface area contributed by atoms with Gasteiger partial charge in [0.15, 0.2) is 0 Å². The lowest BCUT2D eigenvalue weighted by molar-refractivity contribution is 0.0541. The van der Waals surface area contributed by atoms with Gasteiger partial charge in [-0.25, -0.2) is 4.98 Å². The molecule has 98 valence electrons. The molecule has 0 aliphatic heterocycles. The molecule has 18 heavy (non-hydrogen) atoms. The summed E-state index contributed by atoms with van der Waals surface area (Å²) in [6, 6.07) is -0.0216. The fourth-order valence-corrected chi connectivity index (χ4v) is 3.60. The maximum atomic E-state index is 12.5. The first-order valence-electron chi connectivity index (χ1n) is 6.57. The molecule has 2 atom stereocenters. The average Bonchev–Trinajstić information content (AvgIpc) is 2.94. The number of hydrogen-bond donors (Lipinski definition) is 1. The molecule has 0 radical (unpaired) electrons. The number of thiazole rings is 1. The monoisotopic (exact) mass is 266 g/mol. The van der Waals surface area contributed by atoms with Gasteiger partial charge in [0.1, 0.15) is 4.88 Å². The third kappa shape index (κ3) is 2.06. The molecule has 4 nitrogen and oxygen atoms in total. The average molecular weight is 266 g/mol. The number of aliphatic hydroxyl groups excluding tert-OH is 1. The van der Waals surface area contributed by atoms with E-state index in [2.05, 4.69) is 4.98 Å². The highest BCUT2D eigenvalue weighted by Crippen LogP contribution is 2.42. The zero-order chi connectivity index (χ0) is 12.7. The number of hydrogen-bond acceptors (Lipinski definition) is 4. The molecule has 3 rings (SSSR count). The van der Waals surface area contributed by atoms with Crippen LogP contribution in [0.2, 0.25) is 0 Å². The van der Waals surface area contributed by atoms with E-state index in [1.165, 1.54) is 11.3 Å². The lowest BCUT2D eigenvalue weighted by Crippen LogP contribution is -2.41. The Hall–Kier alpha value is -0.940. The molecule has 1 amide bonds. The van der Waals surface area contributed by atoms with Crippen molar-refractivity contribution in [2.24, 2.45) is 0 Å². The van der Waals surface area contributed by atoms with Crippen molar-refractivity contribution in [2.45, 2.75) is 50.2 Å². The normalized spacial score (nSPS) is 27.4. The van der Waals surface area contributed by atoms with Gasteiger partial charge in [0.05, 0.1) is 23.4 Å². The van der Waals surface area contributed by atoms with Gasteiger partial charge in [-0.15, -0.1) is 11.3 Å². The SMILES string of the molecule is CN(C(=O)c1scnc1C1CC1)[C@@H]1CCC[C@H]1O. The Bertz CT molecular complexity index is 456. The van der Waals surface area contributed by atoms with Gasteiger partial charge >= 0.3 is 0 Å². The highest BCUT2D eigenvalue weighted by molar-refractivity contribution is 7.11. The van der Waals surface area contributed by atoms with Crippen molar-refractivity contribution in [3.05, 3.63) is 16.1 Å². The standard InChI is InChI=1S/C13H18N2O2S/c1-15(9-3-2-4-10(9)16)13(17)12-11(8-5-6-8)14-7-18-12/h7-10,16H,2-6H2,1H3/t9-,10-/m1/s1. The molecular formula is C13H18N2O2S. The van der Waals surface area contributed by atoms with Crippen LogP contribution >= 0.6 is 11.3 Å². The Morgan fingerprint density at radius 2 is 2.22 bits per heavy atom. The van der Waals surface area contributed by atoms with E-state index in [1.54, 1.807) is 17.5 Å². The number of carbonyl (C=O) groups is 1. The van der Waals surface area contributed by atoms with Crippen LogP contribution in [-0.2, 0) is 0 Å². The first-order valence-corrected chi connectivity index (χ1v) is 7.45. The number of aliphatic hydroxyl groups is 1. The Morgan fingerprint density at radius 1 is 1.44 bits per heavy atom. The maximum absolute atomic E-state index is 12.5. The molecule has 1 aromatic rings. The molecule has 0 aromatic carbocycles.